The van der Waals surface area contributed by atoms with Crippen LogP contribution in [0.4, 0.5) is 0 Å². The van der Waals surface area contributed by atoms with Gasteiger partial charge in [0.25, 0.3) is 0 Å². The van der Waals surface area contributed by atoms with Crippen LogP contribution in [0.2, 0.25) is 0 Å². The lowest BCUT2D eigenvalue weighted by molar-refractivity contribution is -0.136. The average Bonchev–Trinajstić information content (AvgIpc) is 3.12. The lowest BCUT2D eigenvalue weighted by Gasteiger charge is -2.31. The maximum Gasteiger partial charge on any atom is 0.225 e. The summed E-state index contributed by atoms with van der Waals surface area (Å²) in [6.45, 7) is 6.46. The van der Waals surface area contributed by atoms with Crippen molar-refractivity contribution in [3.05, 3.63) is 0 Å². The molecule has 2 fully saturated rings. The molecule has 4 nitrogen and oxygen atoms in total. The molecule has 0 aromatic heterocycles. The van der Waals surface area contributed by atoms with Crippen LogP contribution in [0.5, 0.6) is 0 Å². The summed E-state index contributed by atoms with van der Waals surface area (Å²) in [5, 5.41) is 2.95. The number of carbonyl (C=O) groups is 2. The highest BCUT2D eigenvalue weighted by Crippen LogP contribution is 2.39. The van der Waals surface area contributed by atoms with Crippen LogP contribution in [0.1, 0.15) is 39.5 Å². The number of carbonyl (C=O) groups excluding carboxylic acids is 2. The van der Waals surface area contributed by atoms with Gasteiger partial charge < -0.3 is 10.2 Å². The van der Waals surface area contributed by atoms with E-state index < -0.39 is 0 Å². The van der Waals surface area contributed by atoms with E-state index in [1.54, 1.807) is 0 Å². The number of likely N-dealkylation sites (tertiary alicyclic amines) is 1. The Kier molecular flexibility index (Phi) is 4.25. The third-order valence-corrected chi connectivity index (χ3v) is 4.15. The summed E-state index contributed by atoms with van der Waals surface area (Å²) < 4.78 is 0. The molecule has 4 heteroatoms. The van der Waals surface area contributed by atoms with Crippen molar-refractivity contribution in [2.24, 2.45) is 17.8 Å². The van der Waals surface area contributed by atoms with Gasteiger partial charge in [0.2, 0.25) is 11.8 Å². The van der Waals surface area contributed by atoms with Gasteiger partial charge in [-0.2, -0.15) is 0 Å². The minimum atomic E-state index is 0.109. The van der Waals surface area contributed by atoms with E-state index in [0.717, 1.165) is 45.3 Å². The molecule has 1 aliphatic heterocycles. The fraction of sp³-hybridized carbons (Fsp3) is 0.857. The van der Waals surface area contributed by atoms with Gasteiger partial charge in [-0.1, -0.05) is 13.8 Å². The maximum atomic E-state index is 12.0. The van der Waals surface area contributed by atoms with E-state index in [-0.39, 0.29) is 17.7 Å². The lowest BCUT2D eigenvalue weighted by Crippen LogP contribution is -2.43. The van der Waals surface area contributed by atoms with Crippen LogP contribution in [0.3, 0.4) is 0 Å². The SMILES string of the molecule is CCCNC(=O)C1CCN(C(=O)C2CC2C)CC1. The van der Waals surface area contributed by atoms with E-state index in [1.165, 1.54) is 0 Å². The molecule has 1 aliphatic carbocycles. The Balaban J connectivity index is 1.74. The number of hydrogen-bond acceptors (Lipinski definition) is 2. The third-order valence-electron chi connectivity index (χ3n) is 4.15. The number of amides is 2. The van der Waals surface area contributed by atoms with Crippen molar-refractivity contribution in [3.63, 3.8) is 0 Å². The molecule has 1 saturated carbocycles. The molecule has 1 heterocycles. The van der Waals surface area contributed by atoms with Crippen molar-refractivity contribution in [3.8, 4) is 0 Å². The molecule has 2 amide bonds. The quantitative estimate of drug-likeness (QED) is 0.822. The first-order chi connectivity index (χ1) is 8.63. The molecule has 0 radical (unpaired) electrons. The van der Waals surface area contributed by atoms with E-state index >= 15 is 0 Å². The van der Waals surface area contributed by atoms with Crippen LogP contribution in [0.15, 0.2) is 0 Å². The molecule has 2 aliphatic rings. The molecule has 18 heavy (non-hydrogen) atoms. The summed E-state index contributed by atoms with van der Waals surface area (Å²) in [7, 11) is 0. The Morgan fingerprint density at radius 1 is 1.28 bits per heavy atom. The van der Waals surface area contributed by atoms with Crippen LogP contribution in [-0.4, -0.2) is 36.3 Å². The van der Waals surface area contributed by atoms with Crippen molar-refractivity contribution < 1.29 is 9.59 Å². The average molecular weight is 252 g/mol. The van der Waals surface area contributed by atoms with Crippen LogP contribution in [0, 0.1) is 17.8 Å². The highest BCUT2D eigenvalue weighted by molar-refractivity contribution is 5.82. The second kappa shape index (κ2) is 5.72. The highest BCUT2D eigenvalue weighted by atomic mass is 16.2. The van der Waals surface area contributed by atoms with Gasteiger partial charge in [-0.05, 0) is 31.6 Å². The predicted octanol–water partition coefficient (Wildman–Crippen LogP) is 1.41. The summed E-state index contributed by atoms with van der Waals surface area (Å²) >= 11 is 0. The van der Waals surface area contributed by atoms with Crippen molar-refractivity contribution >= 4 is 11.8 Å². The molecular formula is C14H24N2O2. The molecule has 2 unspecified atom stereocenters. The number of hydrogen-bond donors (Lipinski definition) is 1. The molecule has 0 aromatic carbocycles. The first kappa shape index (κ1) is 13.4. The van der Waals surface area contributed by atoms with E-state index in [2.05, 4.69) is 19.2 Å². The summed E-state index contributed by atoms with van der Waals surface area (Å²) in [5.74, 6) is 1.44. The number of piperidine rings is 1. The summed E-state index contributed by atoms with van der Waals surface area (Å²) in [4.78, 5) is 25.8. The monoisotopic (exact) mass is 252 g/mol. The number of rotatable bonds is 4. The third kappa shape index (κ3) is 3.03. The minimum absolute atomic E-state index is 0.109. The zero-order chi connectivity index (χ0) is 13.1. The van der Waals surface area contributed by atoms with Gasteiger partial charge >= 0.3 is 0 Å². The Bertz CT molecular complexity index is 322. The van der Waals surface area contributed by atoms with Crippen LogP contribution in [0.25, 0.3) is 0 Å². The molecular weight excluding hydrogens is 228 g/mol. The van der Waals surface area contributed by atoms with Crippen molar-refractivity contribution in [2.75, 3.05) is 19.6 Å². The van der Waals surface area contributed by atoms with E-state index in [1.807, 2.05) is 4.90 Å². The Labute approximate surface area is 109 Å². The summed E-state index contributed by atoms with van der Waals surface area (Å²) in [6, 6.07) is 0. The maximum absolute atomic E-state index is 12.0. The largest absolute Gasteiger partial charge is 0.356 e. The molecule has 1 saturated heterocycles. The number of nitrogens with one attached hydrogen (secondary N) is 1. The van der Waals surface area contributed by atoms with Crippen LogP contribution >= 0.6 is 0 Å². The molecule has 2 rings (SSSR count). The van der Waals surface area contributed by atoms with Gasteiger partial charge in [-0.25, -0.2) is 0 Å². The first-order valence-corrected chi connectivity index (χ1v) is 7.20. The second-order valence-electron chi connectivity index (χ2n) is 5.71. The van der Waals surface area contributed by atoms with E-state index in [0.29, 0.717) is 11.8 Å². The first-order valence-electron chi connectivity index (χ1n) is 7.20. The van der Waals surface area contributed by atoms with Crippen molar-refractivity contribution in [1.82, 2.24) is 10.2 Å². The topological polar surface area (TPSA) is 49.4 Å². The lowest BCUT2D eigenvalue weighted by atomic mass is 9.95. The molecule has 0 aromatic rings. The second-order valence-corrected chi connectivity index (χ2v) is 5.71. The Morgan fingerprint density at radius 2 is 1.89 bits per heavy atom. The highest BCUT2D eigenvalue weighted by Gasteiger charge is 2.42. The summed E-state index contributed by atoms with van der Waals surface area (Å²) in [6.07, 6.45) is 3.67. The van der Waals surface area contributed by atoms with Gasteiger partial charge in [-0.15, -0.1) is 0 Å². The number of nitrogens with zero attached hydrogens (tertiary/aromatic N) is 1. The van der Waals surface area contributed by atoms with E-state index in [4.69, 9.17) is 0 Å². The fourth-order valence-corrected chi connectivity index (χ4v) is 2.66. The minimum Gasteiger partial charge on any atom is -0.356 e. The smallest absolute Gasteiger partial charge is 0.225 e. The zero-order valence-corrected chi connectivity index (χ0v) is 11.4. The van der Waals surface area contributed by atoms with Crippen LogP contribution in [-0.2, 0) is 9.59 Å². The predicted molar refractivity (Wildman–Crippen MR) is 69.9 cm³/mol. The zero-order valence-electron chi connectivity index (χ0n) is 11.4. The molecule has 0 spiro atoms. The summed E-state index contributed by atoms with van der Waals surface area (Å²) in [5.41, 5.74) is 0. The molecule has 102 valence electrons. The van der Waals surface area contributed by atoms with E-state index in [9.17, 15) is 9.59 Å². The van der Waals surface area contributed by atoms with Gasteiger partial charge in [-0.3, -0.25) is 9.59 Å². The fourth-order valence-electron chi connectivity index (χ4n) is 2.66. The standard InChI is InChI=1S/C14H24N2O2/c1-3-6-15-13(17)11-4-7-16(8-5-11)14(18)12-9-10(12)2/h10-12H,3-9H2,1-2H3,(H,15,17). The van der Waals surface area contributed by atoms with Gasteiger partial charge in [0.15, 0.2) is 0 Å². The Morgan fingerprint density at radius 3 is 2.39 bits per heavy atom. The van der Waals surface area contributed by atoms with Crippen LogP contribution < -0.4 is 5.32 Å². The van der Waals surface area contributed by atoms with Gasteiger partial charge in [0, 0.05) is 31.5 Å². The van der Waals surface area contributed by atoms with Gasteiger partial charge in [0.1, 0.15) is 0 Å². The van der Waals surface area contributed by atoms with Crippen molar-refractivity contribution in [2.45, 2.75) is 39.5 Å². The van der Waals surface area contributed by atoms with Gasteiger partial charge in [0.05, 0.1) is 0 Å². The van der Waals surface area contributed by atoms with Crippen molar-refractivity contribution in [1.29, 1.82) is 0 Å². The molecule has 0 bridgehead atoms. The Hall–Kier alpha value is -1.06. The molecule has 1 N–H and O–H groups in total. The molecule has 2 atom stereocenters. The normalized spacial score (nSPS) is 28.0.